The van der Waals surface area contributed by atoms with E-state index in [4.69, 9.17) is 4.74 Å². The molecule has 24 heavy (non-hydrogen) atoms. The van der Waals surface area contributed by atoms with Gasteiger partial charge in [-0.15, -0.1) is 0 Å². The predicted molar refractivity (Wildman–Crippen MR) is 97.8 cm³/mol. The Bertz CT molecular complexity index is 703. The summed E-state index contributed by atoms with van der Waals surface area (Å²) in [6, 6.07) is -0.104. The minimum absolute atomic E-state index is 0.104. The van der Waals surface area contributed by atoms with E-state index in [1.807, 2.05) is 38.5 Å². The van der Waals surface area contributed by atoms with Gasteiger partial charge in [0.15, 0.2) is 5.88 Å². The van der Waals surface area contributed by atoms with Crippen LogP contribution >= 0.6 is 15.9 Å². The summed E-state index contributed by atoms with van der Waals surface area (Å²) in [6.07, 6.45) is 6.14. The van der Waals surface area contributed by atoms with Gasteiger partial charge in [-0.1, -0.05) is 6.92 Å². The van der Waals surface area contributed by atoms with Crippen LogP contribution < -0.4 is 5.32 Å². The van der Waals surface area contributed by atoms with Gasteiger partial charge in [0.25, 0.3) is 0 Å². The molecule has 0 saturated heterocycles. The van der Waals surface area contributed by atoms with Gasteiger partial charge in [-0.3, -0.25) is 4.57 Å². The molecule has 0 amide bonds. The molecule has 1 N–H and O–H groups in total. The van der Waals surface area contributed by atoms with Crippen molar-refractivity contribution in [2.75, 3.05) is 0 Å². The second-order valence-electron chi connectivity index (χ2n) is 6.50. The van der Waals surface area contributed by atoms with Crippen LogP contribution in [0.4, 0.5) is 0 Å². The maximum atomic E-state index is 5.74. The number of nitrogens with zero attached hydrogens (tertiary/aromatic N) is 4. The molecule has 0 aliphatic carbocycles. The van der Waals surface area contributed by atoms with Crippen molar-refractivity contribution in [3.05, 3.63) is 47.0 Å². The summed E-state index contributed by atoms with van der Waals surface area (Å²) in [5.74, 6) is 1.92. The third-order valence-electron chi connectivity index (χ3n) is 3.23. The number of aryl methyl sites for hydroxylation is 1. The first-order valence-corrected chi connectivity index (χ1v) is 8.69. The number of hydrogen-bond donors (Lipinski definition) is 1. The summed E-state index contributed by atoms with van der Waals surface area (Å²) >= 11 is 3.36. The Morgan fingerprint density at radius 3 is 2.46 bits per heavy atom. The van der Waals surface area contributed by atoms with Crippen molar-refractivity contribution in [1.29, 1.82) is 0 Å². The molecule has 2 rings (SSSR count). The van der Waals surface area contributed by atoms with E-state index in [9.17, 15) is 0 Å². The highest BCUT2D eigenvalue weighted by Gasteiger charge is 2.20. The number of nitrogens with one attached hydrogen (secondary N) is 1. The minimum atomic E-state index is -0.303. The molecule has 7 heteroatoms. The van der Waals surface area contributed by atoms with Gasteiger partial charge in [0.1, 0.15) is 11.4 Å². The van der Waals surface area contributed by atoms with Gasteiger partial charge < -0.3 is 10.1 Å². The Hall–Kier alpha value is -1.89. The smallest absolute Gasteiger partial charge is 0.235 e. The zero-order valence-electron chi connectivity index (χ0n) is 14.8. The van der Waals surface area contributed by atoms with Crippen LogP contribution in [-0.2, 0) is 11.2 Å². The van der Waals surface area contributed by atoms with Crippen molar-refractivity contribution in [1.82, 2.24) is 24.8 Å². The van der Waals surface area contributed by atoms with Crippen LogP contribution in [0.2, 0.25) is 0 Å². The normalized spacial score (nSPS) is 12.8. The van der Waals surface area contributed by atoms with Crippen molar-refractivity contribution in [3.8, 4) is 5.95 Å². The molecule has 1 unspecified atom stereocenters. The third-order valence-corrected chi connectivity index (χ3v) is 3.63. The van der Waals surface area contributed by atoms with E-state index >= 15 is 0 Å². The summed E-state index contributed by atoms with van der Waals surface area (Å²) in [4.78, 5) is 13.3. The van der Waals surface area contributed by atoms with Crippen molar-refractivity contribution in [2.45, 2.75) is 52.7 Å². The molecular formula is C17H24BrN5O. The van der Waals surface area contributed by atoms with Crippen LogP contribution in [0.1, 0.15) is 52.2 Å². The second-order valence-corrected chi connectivity index (χ2v) is 7.42. The van der Waals surface area contributed by atoms with E-state index in [0.29, 0.717) is 11.8 Å². The van der Waals surface area contributed by atoms with E-state index in [-0.39, 0.29) is 11.6 Å². The zero-order valence-corrected chi connectivity index (χ0v) is 16.4. The van der Waals surface area contributed by atoms with Gasteiger partial charge in [0, 0.05) is 24.3 Å². The number of hydrogen-bond acceptors (Lipinski definition) is 5. The fraction of sp³-hybridized carbons (Fsp3) is 0.471. The largest absolute Gasteiger partial charge is 0.474 e. The van der Waals surface area contributed by atoms with E-state index in [1.54, 1.807) is 12.4 Å². The summed E-state index contributed by atoms with van der Waals surface area (Å²) in [6.45, 7) is 14.0. The lowest BCUT2D eigenvalue weighted by Crippen LogP contribution is -2.28. The highest BCUT2D eigenvalue weighted by molar-refractivity contribution is 9.10. The second kappa shape index (κ2) is 7.34. The molecule has 2 heterocycles. The number of halogens is 1. The van der Waals surface area contributed by atoms with E-state index in [1.165, 1.54) is 0 Å². The SMILES string of the molecule is C=C(NC(C)c1ncc(CC)n1-c1ncc(Br)cn1)OC(C)(C)C. The van der Waals surface area contributed by atoms with Crippen molar-refractivity contribution in [2.24, 2.45) is 0 Å². The van der Waals surface area contributed by atoms with E-state index in [2.05, 4.69) is 49.7 Å². The topological polar surface area (TPSA) is 64.9 Å². The molecule has 0 bridgehead atoms. The highest BCUT2D eigenvalue weighted by Crippen LogP contribution is 2.21. The molecule has 1 atom stereocenters. The summed E-state index contributed by atoms with van der Waals surface area (Å²) in [5.41, 5.74) is 0.742. The molecule has 0 spiro atoms. The molecule has 2 aromatic heterocycles. The van der Waals surface area contributed by atoms with Crippen LogP contribution in [0.3, 0.4) is 0 Å². The molecule has 2 aromatic rings. The maximum absolute atomic E-state index is 5.74. The van der Waals surface area contributed by atoms with Crippen LogP contribution in [0.25, 0.3) is 5.95 Å². The summed E-state index contributed by atoms with van der Waals surface area (Å²) in [7, 11) is 0. The Kier molecular flexibility index (Phi) is 5.64. The monoisotopic (exact) mass is 393 g/mol. The van der Waals surface area contributed by atoms with Crippen LogP contribution in [0.15, 0.2) is 35.5 Å². The van der Waals surface area contributed by atoms with Gasteiger partial charge in [0.05, 0.1) is 10.5 Å². The molecule has 0 aliphatic heterocycles. The highest BCUT2D eigenvalue weighted by atomic mass is 79.9. The van der Waals surface area contributed by atoms with Crippen LogP contribution in [-0.4, -0.2) is 25.1 Å². The first kappa shape index (κ1) is 18.4. The average molecular weight is 394 g/mol. The molecule has 0 aliphatic rings. The first-order valence-electron chi connectivity index (χ1n) is 7.90. The van der Waals surface area contributed by atoms with Gasteiger partial charge in [0.2, 0.25) is 5.95 Å². The quantitative estimate of drug-likeness (QED) is 0.753. The fourth-order valence-corrected chi connectivity index (χ4v) is 2.52. The average Bonchev–Trinajstić information content (AvgIpc) is 2.89. The van der Waals surface area contributed by atoms with Crippen molar-refractivity contribution < 1.29 is 4.74 Å². The molecule has 0 radical (unpaired) electrons. The maximum Gasteiger partial charge on any atom is 0.235 e. The fourth-order valence-electron chi connectivity index (χ4n) is 2.32. The Morgan fingerprint density at radius 1 is 1.29 bits per heavy atom. The lowest BCUT2D eigenvalue weighted by molar-refractivity contribution is 0.0385. The number of aromatic nitrogens is 4. The molecular weight excluding hydrogens is 370 g/mol. The van der Waals surface area contributed by atoms with E-state index in [0.717, 1.165) is 22.4 Å². The van der Waals surface area contributed by atoms with Crippen LogP contribution in [0, 0.1) is 0 Å². The molecule has 0 aromatic carbocycles. The summed E-state index contributed by atoms with van der Waals surface area (Å²) < 4.78 is 8.55. The first-order chi connectivity index (χ1) is 11.2. The Morgan fingerprint density at radius 2 is 1.92 bits per heavy atom. The molecule has 130 valence electrons. The molecule has 0 saturated carbocycles. The Labute approximate surface area is 151 Å². The van der Waals surface area contributed by atoms with Gasteiger partial charge in [-0.2, -0.15) is 0 Å². The van der Waals surface area contributed by atoms with Crippen LogP contribution in [0.5, 0.6) is 0 Å². The minimum Gasteiger partial charge on any atom is -0.474 e. The standard InChI is InChI=1S/C17H24BrN5O/c1-7-14-10-19-15(11(2)22-12(3)24-17(4,5)6)23(14)16-20-8-13(18)9-21-16/h8-11,22H,3,7H2,1-2,4-6H3. The van der Waals surface area contributed by atoms with Gasteiger partial charge in [-0.05, 0) is 56.6 Å². The lowest BCUT2D eigenvalue weighted by Gasteiger charge is -2.25. The third kappa shape index (κ3) is 4.56. The van der Waals surface area contributed by atoms with Crippen molar-refractivity contribution >= 4 is 15.9 Å². The summed E-state index contributed by atoms with van der Waals surface area (Å²) in [5, 5.41) is 3.25. The lowest BCUT2D eigenvalue weighted by atomic mass is 10.2. The predicted octanol–water partition coefficient (Wildman–Crippen LogP) is 3.92. The van der Waals surface area contributed by atoms with Gasteiger partial charge >= 0.3 is 0 Å². The Balaban J connectivity index is 2.29. The van der Waals surface area contributed by atoms with Gasteiger partial charge in [-0.25, -0.2) is 15.0 Å². The molecule has 6 nitrogen and oxygen atoms in total. The molecule has 0 fully saturated rings. The van der Waals surface area contributed by atoms with E-state index < -0.39 is 0 Å². The van der Waals surface area contributed by atoms with Crippen molar-refractivity contribution in [3.63, 3.8) is 0 Å². The number of rotatable bonds is 6. The zero-order chi connectivity index (χ0) is 17.9. The number of imidazole rings is 1. The number of ether oxygens (including phenoxy) is 1.